The van der Waals surface area contributed by atoms with Crippen LogP contribution < -0.4 is 0 Å². The highest BCUT2D eigenvalue weighted by Gasteiger charge is 2.32. The van der Waals surface area contributed by atoms with Crippen molar-refractivity contribution in [3.05, 3.63) is 70.7 Å². The maximum absolute atomic E-state index is 12.5. The lowest BCUT2D eigenvalue weighted by atomic mass is 9.98. The van der Waals surface area contributed by atoms with E-state index < -0.39 is 5.97 Å². The lowest BCUT2D eigenvalue weighted by molar-refractivity contribution is -0.141. The van der Waals surface area contributed by atoms with Gasteiger partial charge in [-0.2, -0.15) is 5.10 Å². The van der Waals surface area contributed by atoms with Crippen LogP contribution in [0.5, 0.6) is 0 Å². The van der Waals surface area contributed by atoms with Crippen molar-refractivity contribution in [3.8, 4) is 0 Å². The summed E-state index contributed by atoms with van der Waals surface area (Å²) in [5.41, 5.74) is 2.68. The maximum Gasteiger partial charge on any atom is 0.303 e. The summed E-state index contributed by atoms with van der Waals surface area (Å²) >= 11 is 5.95. The van der Waals surface area contributed by atoms with E-state index in [2.05, 4.69) is 5.10 Å². The summed E-state index contributed by atoms with van der Waals surface area (Å²) in [6, 6.07) is 16.7. The third-order valence-corrected chi connectivity index (χ3v) is 4.33. The van der Waals surface area contributed by atoms with Gasteiger partial charge in [0.1, 0.15) is 0 Å². The van der Waals surface area contributed by atoms with Gasteiger partial charge < -0.3 is 5.11 Å². The van der Waals surface area contributed by atoms with Crippen LogP contribution in [0, 0.1) is 0 Å². The van der Waals surface area contributed by atoms with E-state index in [4.69, 9.17) is 16.7 Å². The van der Waals surface area contributed by atoms with Gasteiger partial charge in [-0.15, -0.1) is 0 Å². The van der Waals surface area contributed by atoms with E-state index in [0.717, 1.165) is 16.8 Å². The summed E-state index contributed by atoms with van der Waals surface area (Å²) in [5.74, 6) is -1.30. The fraction of sp³-hybridized carbons (Fsp3) is 0.211. The minimum absolute atomic E-state index is 0.0784. The van der Waals surface area contributed by atoms with Crippen molar-refractivity contribution in [2.75, 3.05) is 0 Å². The molecule has 6 heteroatoms. The van der Waals surface area contributed by atoms with Gasteiger partial charge in [0.05, 0.1) is 18.2 Å². The number of benzene rings is 2. The first kappa shape index (κ1) is 17.2. The molecule has 0 aliphatic carbocycles. The minimum atomic E-state index is -0.997. The SMILES string of the molecule is O=C(O)CCC(=O)N1N=C(c2ccccc2)C[C@H]1c1ccc(Cl)cc1. The molecule has 0 saturated heterocycles. The van der Waals surface area contributed by atoms with E-state index in [9.17, 15) is 9.59 Å². The molecule has 0 radical (unpaired) electrons. The van der Waals surface area contributed by atoms with Crippen molar-refractivity contribution < 1.29 is 14.7 Å². The third kappa shape index (κ3) is 4.06. The van der Waals surface area contributed by atoms with E-state index in [1.165, 1.54) is 5.01 Å². The van der Waals surface area contributed by atoms with E-state index in [1.54, 1.807) is 12.1 Å². The third-order valence-electron chi connectivity index (χ3n) is 4.08. The van der Waals surface area contributed by atoms with Crippen LogP contribution in [0.15, 0.2) is 59.7 Å². The van der Waals surface area contributed by atoms with Gasteiger partial charge in [0.2, 0.25) is 5.91 Å². The highest BCUT2D eigenvalue weighted by Crippen LogP contribution is 2.33. The van der Waals surface area contributed by atoms with Gasteiger partial charge in [-0.25, -0.2) is 5.01 Å². The molecule has 25 heavy (non-hydrogen) atoms. The molecule has 128 valence electrons. The van der Waals surface area contributed by atoms with E-state index in [1.807, 2.05) is 42.5 Å². The second kappa shape index (κ2) is 7.49. The number of carbonyl (C=O) groups excluding carboxylic acids is 1. The Morgan fingerprint density at radius 2 is 1.76 bits per heavy atom. The smallest absolute Gasteiger partial charge is 0.303 e. The molecular weight excluding hydrogens is 340 g/mol. The van der Waals surface area contributed by atoms with Gasteiger partial charge in [0.15, 0.2) is 0 Å². The second-order valence-electron chi connectivity index (χ2n) is 5.82. The van der Waals surface area contributed by atoms with Gasteiger partial charge in [-0.1, -0.05) is 54.1 Å². The number of carboxylic acids is 1. The quantitative estimate of drug-likeness (QED) is 0.883. The van der Waals surface area contributed by atoms with Crippen molar-refractivity contribution >= 4 is 29.2 Å². The van der Waals surface area contributed by atoms with Crippen LogP contribution in [0.25, 0.3) is 0 Å². The van der Waals surface area contributed by atoms with Crippen LogP contribution in [-0.2, 0) is 9.59 Å². The van der Waals surface area contributed by atoms with Crippen molar-refractivity contribution in [2.24, 2.45) is 5.10 Å². The number of hydrazone groups is 1. The first-order valence-electron chi connectivity index (χ1n) is 7.97. The van der Waals surface area contributed by atoms with Crippen molar-refractivity contribution in [3.63, 3.8) is 0 Å². The van der Waals surface area contributed by atoms with Crippen LogP contribution in [0.1, 0.15) is 36.4 Å². The highest BCUT2D eigenvalue weighted by atomic mass is 35.5. The largest absolute Gasteiger partial charge is 0.481 e. The Balaban J connectivity index is 1.89. The first-order chi connectivity index (χ1) is 12.0. The molecule has 2 aromatic carbocycles. The Bertz CT molecular complexity index is 803. The Labute approximate surface area is 150 Å². The summed E-state index contributed by atoms with van der Waals surface area (Å²) in [7, 11) is 0. The van der Waals surface area contributed by atoms with Crippen molar-refractivity contribution in [2.45, 2.75) is 25.3 Å². The molecule has 1 aliphatic rings. The summed E-state index contributed by atoms with van der Waals surface area (Å²) in [6.07, 6.45) is 0.286. The van der Waals surface area contributed by atoms with Crippen molar-refractivity contribution in [1.29, 1.82) is 0 Å². The van der Waals surface area contributed by atoms with Gasteiger partial charge in [0.25, 0.3) is 0 Å². The Hall–Kier alpha value is -2.66. The molecule has 5 nitrogen and oxygen atoms in total. The van der Waals surface area contributed by atoms with Gasteiger partial charge in [-0.05, 0) is 23.3 Å². The minimum Gasteiger partial charge on any atom is -0.481 e. The zero-order valence-electron chi connectivity index (χ0n) is 13.4. The molecule has 0 saturated carbocycles. The van der Waals surface area contributed by atoms with E-state index >= 15 is 0 Å². The second-order valence-corrected chi connectivity index (χ2v) is 6.25. The summed E-state index contributed by atoms with van der Waals surface area (Å²) in [5, 5.41) is 15.3. The van der Waals surface area contributed by atoms with Gasteiger partial charge in [0, 0.05) is 17.9 Å². The highest BCUT2D eigenvalue weighted by molar-refractivity contribution is 6.30. The van der Waals surface area contributed by atoms with Crippen LogP contribution >= 0.6 is 11.6 Å². The Morgan fingerprint density at radius 3 is 2.40 bits per heavy atom. The molecular formula is C19H17ClN2O3. The van der Waals surface area contributed by atoms with Gasteiger partial charge in [-0.3, -0.25) is 9.59 Å². The predicted octanol–water partition coefficient (Wildman–Crippen LogP) is 3.88. The zero-order chi connectivity index (χ0) is 17.8. The maximum atomic E-state index is 12.5. The summed E-state index contributed by atoms with van der Waals surface area (Å²) in [4.78, 5) is 23.3. The number of carboxylic acid groups (broad SMARTS) is 1. The average molecular weight is 357 g/mol. The first-order valence-corrected chi connectivity index (χ1v) is 8.34. The van der Waals surface area contributed by atoms with Crippen LogP contribution in [0.3, 0.4) is 0 Å². The molecule has 0 fully saturated rings. The molecule has 1 heterocycles. The predicted molar refractivity (Wildman–Crippen MR) is 95.5 cm³/mol. The van der Waals surface area contributed by atoms with Crippen LogP contribution in [0.4, 0.5) is 0 Å². The number of nitrogens with zero attached hydrogens (tertiary/aromatic N) is 2. The van der Waals surface area contributed by atoms with E-state index in [-0.39, 0.29) is 24.8 Å². The molecule has 1 atom stereocenters. The topological polar surface area (TPSA) is 70.0 Å². The summed E-state index contributed by atoms with van der Waals surface area (Å²) < 4.78 is 0. The van der Waals surface area contributed by atoms with Crippen LogP contribution in [-0.4, -0.2) is 27.7 Å². The number of rotatable bonds is 5. The molecule has 1 aliphatic heterocycles. The van der Waals surface area contributed by atoms with Crippen molar-refractivity contribution in [1.82, 2.24) is 5.01 Å². The van der Waals surface area contributed by atoms with Gasteiger partial charge >= 0.3 is 5.97 Å². The lowest BCUT2D eigenvalue weighted by Gasteiger charge is -2.22. The Morgan fingerprint density at radius 1 is 1.08 bits per heavy atom. The van der Waals surface area contributed by atoms with E-state index in [0.29, 0.717) is 11.4 Å². The molecule has 0 spiro atoms. The molecule has 0 unspecified atom stereocenters. The number of carbonyl (C=O) groups is 2. The Kier molecular flexibility index (Phi) is 5.14. The number of hydrogen-bond acceptors (Lipinski definition) is 3. The molecule has 0 aromatic heterocycles. The van der Waals surface area contributed by atoms with Crippen LogP contribution in [0.2, 0.25) is 5.02 Å². The fourth-order valence-electron chi connectivity index (χ4n) is 2.82. The molecule has 1 amide bonds. The monoisotopic (exact) mass is 356 g/mol. The number of hydrogen-bond donors (Lipinski definition) is 1. The average Bonchev–Trinajstić information content (AvgIpc) is 3.06. The number of aliphatic carboxylic acids is 1. The zero-order valence-corrected chi connectivity index (χ0v) is 14.2. The summed E-state index contributed by atoms with van der Waals surface area (Å²) in [6.45, 7) is 0. The normalized spacial score (nSPS) is 16.6. The lowest BCUT2D eigenvalue weighted by Crippen LogP contribution is -2.27. The molecule has 2 aromatic rings. The molecule has 3 rings (SSSR count). The molecule has 0 bridgehead atoms. The number of halogens is 1. The number of amides is 1. The fourth-order valence-corrected chi connectivity index (χ4v) is 2.94. The standard InChI is InChI=1S/C19H17ClN2O3/c20-15-8-6-14(7-9-15)17-12-16(13-4-2-1-3-5-13)21-22(17)18(23)10-11-19(24)25/h1-9,17H,10-12H2,(H,24,25)/t17-/m0/s1. The molecule has 1 N–H and O–H groups in total.